The van der Waals surface area contributed by atoms with Crippen molar-refractivity contribution < 1.29 is 60.2 Å². The number of phosphoric acid groups is 4. The Kier molecular flexibility index (Phi) is 7.15. The lowest BCUT2D eigenvalue weighted by Gasteiger charge is -2.19. The molecule has 0 aromatic rings. The highest BCUT2D eigenvalue weighted by Gasteiger charge is 2.46. The van der Waals surface area contributed by atoms with Gasteiger partial charge in [-0.3, -0.25) is 4.52 Å². The van der Waals surface area contributed by atoms with Crippen molar-refractivity contribution in [2.45, 2.75) is 0 Å². The number of hydrogen-bond acceptors (Lipinski definition) is 8. The number of hydrogen-bond donors (Lipinski definition) is 5. The summed E-state index contributed by atoms with van der Waals surface area (Å²) in [5.41, 5.74) is 0. The zero-order valence-electron chi connectivity index (χ0n) is 9.28. The fourth-order valence-electron chi connectivity index (χ4n) is 0.612. The molecule has 0 saturated heterocycles. The molecule has 0 aromatic carbocycles. The maximum atomic E-state index is 11.6. The van der Waals surface area contributed by atoms with Gasteiger partial charge in [0.15, 0.2) is 0 Å². The Labute approximate surface area is 111 Å². The van der Waals surface area contributed by atoms with Crippen LogP contribution < -0.4 is 0 Å². The molecule has 0 saturated carbocycles. The second-order valence-corrected chi connectivity index (χ2v) is 8.74. The smallest absolute Gasteiger partial charge is 0.302 e. The first-order chi connectivity index (χ1) is 8.68. The lowest BCUT2D eigenvalue weighted by Crippen LogP contribution is -2.00. The molecule has 17 heteroatoms. The predicted molar refractivity (Wildman–Crippen MR) is 60.9 cm³/mol. The minimum absolute atomic E-state index is 0.701. The van der Waals surface area contributed by atoms with E-state index in [9.17, 15) is 18.3 Å². The second-order valence-electron chi connectivity index (χ2n) is 2.73. The minimum atomic E-state index is -5.72. The van der Waals surface area contributed by atoms with E-state index >= 15 is 0 Å². The van der Waals surface area contributed by atoms with Gasteiger partial charge in [-0.05, 0) is 0 Å². The van der Waals surface area contributed by atoms with Crippen LogP contribution in [0.2, 0.25) is 0 Å². The van der Waals surface area contributed by atoms with Gasteiger partial charge in [0.25, 0.3) is 0 Å². The van der Waals surface area contributed by atoms with E-state index < -0.39 is 37.9 Å². The molecular weight excluding hydrogens is 368 g/mol. The maximum absolute atomic E-state index is 11.6. The highest BCUT2D eigenvalue weighted by atomic mass is 31.3. The van der Waals surface area contributed by atoms with E-state index in [-0.39, 0.29) is 0 Å². The fourth-order valence-corrected chi connectivity index (χ4v) is 5.18. The summed E-state index contributed by atoms with van der Waals surface area (Å²) in [7, 11) is -22.1. The highest BCUT2D eigenvalue weighted by Crippen LogP contribution is 2.71. The van der Waals surface area contributed by atoms with E-state index in [0.717, 1.165) is 6.08 Å². The van der Waals surface area contributed by atoms with Crippen molar-refractivity contribution in [2.75, 3.05) is 6.61 Å². The summed E-state index contributed by atoms with van der Waals surface area (Å²) in [6, 6.07) is 0. The summed E-state index contributed by atoms with van der Waals surface area (Å²) in [4.78, 5) is 42.4. The van der Waals surface area contributed by atoms with Crippen molar-refractivity contribution in [1.29, 1.82) is 0 Å². The van der Waals surface area contributed by atoms with Gasteiger partial charge in [-0.1, -0.05) is 6.08 Å². The highest BCUT2D eigenvalue weighted by molar-refractivity contribution is 7.69. The van der Waals surface area contributed by atoms with Crippen LogP contribution in [0.4, 0.5) is 0 Å². The van der Waals surface area contributed by atoms with Crippen molar-refractivity contribution in [1.82, 2.24) is 0 Å². The van der Waals surface area contributed by atoms with Gasteiger partial charge in [0.05, 0.1) is 6.61 Å². The molecule has 13 nitrogen and oxygen atoms in total. The molecule has 20 heavy (non-hydrogen) atoms. The molecule has 0 fully saturated rings. The maximum Gasteiger partial charge on any atom is 0.492 e. The Hall–Kier alpha value is 0.300. The molecule has 5 N–H and O–H groups in total. The molecule has 0 aliphatic heterocycles. The van der Waals surface area contributed by atoms with Crippen molar-refractivity contribution in [3.05, 3.63) is 12.7 Å². The van der Waals surface area contributed by atoms with Gasteiger partial charge in [0, 0.05) is 0 Å². The third kappa shape index (κ3) is 10.1. The van der Waals surface area contributed by atoms with E-state index in [1.165, 1.54) is 0 Å². The summed E-state index contributed by atoms with van der Waals surface area (Å²) in [5, 5.41) is 0. The summed E-state index contributed by atoms with van der Waals surface area (Å²) in [6.07, 6.45) is 0.908. The first-order valence-corrected chi connectivity index (χ1v) is 10.1. The first kappa shape index (κ1) is 20.3. The quantitative estimate of drug-likeness (QED) is 0.276. The zero-order chi connectivity index (χ0) is 16.2. The summed E-state index contributed by atoms with van der Waals surface area (Å²) >= 11 is 0. The lowest BCUT2D eigenvalue weighted by atomic mass is 10.7. The third-order valence-electron chi connectivity index (χ3n) is 0.970. The molecule has 0 spiro atoms. The molecule has 2 atom stereocenters. The molecule has 0 rings (SSSR count). The number of rotatable bonds is 9. The Morgan fingerprint density at radius 3 is 1.65 bits per heavy atom. The van der Waals surface area contributed by atoms with Gasteiger partial charge >= 0.3 is 31.3 Å². The van der Waals surface area contributed by atoms with Crippen LogP contribution in [-0.4, -0.2) is 31.1 Å². The Bertz CT molecular complexity index is 524. The van der Waals surface area contributed by atoms with Crippen LogP contribution in [0.5, 0.6) is 0 Å². The first-order valence-electron chi connectivity index (χ1n) is 4.11. The molecule has 0 amide bonds. The van der Waals surface area contributed by atoms with Gasteiger partial charge in [-0.2, -0.15) is 12.9 Å². The van der Waals surface area contributed by atoms with E-state index in [4.69, 9.17) is 24.5 Å². The van der Waals surface area contributed by atoms with Gasteiger partial charge in [-0.15, -0.1) is 6.58 Å². The molecule has 0 bridgehead atoms. The van der Waals surface area contributed by atoms with Gasteiger partial charge in [-0.25, -0.2) is 18.3 Å². The topological polar surface area (TPSA) is 206 Å². The molecule has 0 aromatic heterocycles. The lowest BCUT2D eigenvalue weighted by molar-refractivity contribution is 0.171. The SMILES string of the molecule is C=CCOP(=O)(OP(=O)(O)O)OP(=O)(O)OP(=O)(O)O. The average Bonchev–Trinajstić information content (AvgIpc) is 2.05. The van der Waals surface area contributed by atoms with E-state index in [1.54, 1.807) is 0 Å². The van der Waals surface area contributed by atoms with Gasteiger partial charge in [0.2, 0.25) is 0 Å². The third-order valence-corrected chi connectivity index (χ3v) is 6.39. The molecule has 0 radical (unpaired) electrons. The Morgan fingerprint density at radius 2 is 1.30 bits per heavy atom. The Morgan fingerprint density at radius 1 is 0.850 bits per heavy atom. The van der Waals surface area contributed by atoms with Crippen LogP contribution in [0.3, 0.4) is 0 Å². The fraction of sp³-hybridized carbons (Fsp3) is 0.333. The second kappa shape index (κ2) is 7.04. The Balaban J connectivity index is 5.21. The van der Waals surface area contributed by atoms with E-state index in [1.807, 2.05) is 0 Å². The standard InChI is InChI=1S/C3H10O13P4/c1-2-3-13-20(12,15-18(7,8)9)16-19(10,11)14-17(4,5)6/h2H,1,3H2,(H,10,11)(H2,4,5,6)(H2,7,8,9). The van der Waals surface area contributed by atoms with Gasteiger partial charge < -0.3 is 24.5 Å². The van der Waals surface area contributed by atoms with Gasteiger partial charge in [0.1, 0.15) is 0 Å². The van der Waals surface area contributed by atoms with Crippen LogP contribution >= 0.6 is 31.3 Å². The predicted octanol–water partition coefficient (Wildman–Crippen LogP) is 0.633. The molecule has 0 aliphatic rings. The zero-order valence-corrected chi connectivity index (χ0v) is 12.9. The molecule has 0 heterocycles. The monoisotopic (exact) mass is 378 g/mol. The van der Waals surface area contributed by atoms with Crippen LogP contribution in [-0.2, 0) is 35.7 Å². The van der Waals surface area contributed by atoms with Crippen LogP contribution in [0.25, 0.3) is 0 Å². The van der Waals surface area contributed by atoms with Crippen LogP contribution in [0.15, 0.2) is 12.7 Å². The van der Waals surface area contributed by atoms with E-state index in [0.29, 0.717) is 0 Å². The van der Waals surface area contributed by atoms with Crippen molar-refractivity contribution in [2.24, 2.45) is 0 Å². The minimum Gasteiger partial charge on any atom is -0.302 e. The van der Waals surface area contributed by atoms with Crippen molar-refractivity contribution in [3.8, 4) is 0 Å². The van der Waals surface area contributed by atoms with Crippen LogP contribution in [0, 0.1) is 0 Å². The normalized spacial score (nSPS) is 19.1. The average molecular weight is 378 g/mol. The molecule has 0 aliphatic carbocycles. The largest absolute Gasteiger partial charge is 0.492 e. The summed E-state index contributed by atoms with van der Waals surface area (Å²) in [5.74, 6) is 0. The molecule has 120 valence electrons. The van der Waals surface area contributed by atoms with Crippen LogP contribution in [0.1, 0.15) is 0 Å². The van der Waals surface area contributed by atoms with Crippen molar-refractivity contribution in [3.63, 3.8) is 0 Å². The van der Waals surface area contributed by atoms with Crippen molar-refractivity contribution >= 4 is 31.3 Å². The van der Waals surface area contributed by atoms with E-state index in [2.05, 4.69) is 24.0 Å². The summed E-state index contributed by atoms with van der Waals surface area (Å²) in [6.45, 7) is 2.38. The molecule has 2 unspecified atom stereocenters. The summed E-state index contributed by atoms with van der Waals surface area (Å²) < 4.78 is 58.2. The molecular formula is C3H10O13P4.